The first kappa shape index (κ1) is 14.7. The zero-order chi connectivity index (χ0) is 14.8. The summed E-state index contributed by atoms with van der Waals surface area (Å²) in [6.45, 7) is 0.698. The van der Waals surface area contributed by atoms with Crippen LogP contribution in [0.3, 0.4) is 0 Å². The zero-order valence-electron chi connectivity index (χ0n) is 11.2. The minimum atomic E-state index is 0.534. The molecule has 0 fully saturated rings. The molecule has 0 N–H and O–H groups in total. The third kappa shape index (κ3) is 3.18. The van der Waals surface area contributed by atoms with Crippen LogP contribution in [-0.2, 0) is 13.0 Å². The number of alkyl halides is 1. The second-order valence-electron chi connectivity index (χ2n) is 4.82. The lowest BCUT2D eigenvalue weighted by Crippen LogP contribution is -2.06. The Hall–Kier alpha value is -1.22. The lowest BCUT2D eigenvalue weighted by Gasteiger charge is -2.09. The van der Waals surface area contributed by atoms with E-state index in [1.807, 2.05) is 42.5 Å². The molecule has 0 saturated heterocycles. The first-order valence-corrected chi connectivity index (χ1v) is 7.91. The fourth-order valence-electron chi connectivity index (χ4n) is 2.42. The van der Waals surface area contributed by atoms with Crippen molar-refractivity contribution in [1.82, 2.24) is 9.55 Å². The molecule has 0 aliphatic rings. The predicted molar refractivity (Wildman–Crippen MR) is 89.7 cm³/mol. The molecule has 0 atom stereocenters. The molecular formula is C16H13Cl3N2. The first-order chi connectivity index (χ1) is 10.2. The smallest absolute Gasteiger partial charge is 0.111 e. The van der Waals surface area contributed by atoms with Crippen LogP contribution in [0.1, 0.15) is 11.4 Å². The second kappa shape index (κ2) is 6.27. The summed E-state index contributed by atoms with van der Waals surface area (Å²) < 4.78 is 2.15. The number of nitrogens with zero attached hydrogens (tertiary/aromatic N) is 2. The van der Waals surface area contributed by atoms with E-state index in [2.05, 4.69) is 9.55 Å². The summed E-state index contributed by atoms with van der Waals surface area (Å²) in [5.74, 6) is 1.49. The Kier molecular flexibility index (Phi) is 4.39. The van der Waals surface area contributed by atoms with Crippen LogP contribution in [0.5, 0.6) is 0 Å². The molecule has 0 radical (unpaired) electrons. The van der Waals surface area contributed by atoms with Crippen molar-refractivity contribution in [3.63, 3.8) is 0 Å². The quantitative estimate of drug-likeness (QED) is 0.599. The van der Waals surface area contributed by atoms with Crippen LogP contribution in [0.2, 0.25) is 10.0 Å². The number of hydrogen-bond acceptors (Lipinski definition) is 1. The SMILES string of the molecule is ClCCc1nc2ccc(Cl)cc2n1Cc1cccc(Cl)c1. The summed E-state index contributed by atoms with van der Waals surface area (Å²) in [4.78, 5) is 4.65. The number of imidazole rings is 1. The van der Waals surface area contributed by atoms with E-state index in [1.54, 1.807) is 0 Å². The van der Waals surface area contributed by atoms with Gasteiger partial charge in [0.15, 0.2) is 0 Å². The molecule has 0 aliphatic heterocycles. The third-order valence-electron chi connectivity index (χ3n) is 3.34. The van der Waals surface area contributed by atoms with Gasteiger partial charge in [-0.1, -0.05) is 35.3 Å². The molecule has 0 unspecified atom stereocenters. The van der Waals surface area contributed by atoms with E-state index in [9.17, 15) is 0 Å². The highest BCUT2D eigenvalue weighted by Crippen LogP contribution is 2.23. The van der Waals surface area contributed by atoms with Crippen molar-refractivity contribution in [1.29, 1.82) is 0 Å². The molecule has 0 aliphatic carbocycles. The van der Waals surface area contributed by atoms with Crippen molar-refractivity contribution in [3.05, 3.63) is 63.9 Å². The van der Waals surface area contributed by atoms with Crippen LogP contribution >= 0.6 is 34.8 Å². The summed E-state index contributed by atoms with van der Waals surface area (Å²) in [7, 11) is 0. The zero-order valence-corrected chi connectivity index (χ0v) is 13.5. The van der Waals surface area contributed by atoms with Crippen molar-refractivity contribution >= 4 is 45.8 Å². The minimum Gasteiger partial charge on any atom is -0.323 e. The van der Waals surface area contributed by atoms with Crippen LogP contribution in [0.25, 0.3) is 11.0 Å². The van der Waals surface area contributed by atoms with Gasteiger partial charge in [-0.05, 0) is 35.9 Å². The number of aryl methyl sites for hydroxylation is 1. The van der Waals surface area contributed by atoms with Gasteiger partial charge in [0.1, 0.15) is 5.82 Å². The van der Waals surface area contributed by atoms with Crippen LogP contribution in [0.15, 0.2) is 42.5 Å². The number of rotatable bonds is 4. The Morgan fingerprint density at radius 2 is 1.81 bits per heavy atom. The number of benzene rings is 2. The minimum absolute atomic E-state index is 0.534. The lowest BCUT2D eigenvalue weighted by atomic mass is 10.2. The largest absolute Gasteiger partial charge is 0.323 e. The Bertz CT molecular complexity index is 780. The fourth-order valence-corrected chi connectivity index (χ4v) is 2.96. The molecule has 2 aromatic carbocycles. The molecule has 108 valence electrons. The standard InChI is InChI=1S/C16H13Cl3N2/c17-7-6-16-20-14-5-4-13(19)9-15(14)21(16)10-11-2-1-3-12(18)8-11/h1-5,8-9H,6-7,10H2. The monoisotopic (exact) mass is 338 g/mol. The normalized spacial score (nSPS) is 11.2. The Balaban J connectivity index is 2.10. The first-order valence-electron chi connectivity index (χ1n) is 6.62. The maximum Gasteiger partial charge on any atom is 0.111 e. The number of fused-ring (bicyclic) bond motifs is 1. The van der Waals surface area contributed by atoms with Gasteiger partial charge >= 0.3 is 0 Å². The van der Waals surface area contributed by atoms with Gasteiger partial charge in [-0.15, -0.1) is 11.6 Å². The summed E-state index contributed by atoms with van der Waals surface area (Å²) in [6.07, 6.45) is 0.717. The maximum atomic E-state index is 6.12. The summed E-state index contributed by atoms with van der Waals surface area (Å²) in [5, 5.41) is 1.43. The van der Waals surface area contributed by atoms with Gasteiger partial charge < -0.3 is 4.57 Å². The van der Waals surface area contributed by atoms with Crippen molar-refractivity contribution in [2.75, 3.05) is 5.88 Å². The van der Waals surface area contributed by atoms with E-state index >= 15 is 0 Å². The second-order valence-corrected chi connectivity index (χ2v) is 6.07. The Morgan fingerprint density at radius 1 is 1.00 bits per heavy atom. The van der Waals surface area contributed by atoms with Gasteiger partial charge in [-0.2, -0.15) is 0 Å². The molecule has 2 nitrogen and oxygen atoms in total. The number of aromatic nitrogens is 2. The summed E-state index contributed by atoms with van der Waals surface area (Å²) in [6, 6.07) is 13.6. The summed E-state index contributed by atoms with van der Waals surface area (Å²) >= 11 is 18.1. The van der Waals surface area contributed by atoms with E-state index in [0.29, 0.717) is 23.9 Å². The average molecular weight is 340 g/mol. The highest BCUT2D eigenvalue weighted by atomic mass is 35.5. The van der Waals surface area contributed by atoms with Crippen LogP contribution in [0.4, 0.5) is 0 Å². The predicted octanol–water partition coefficient (Wildman–Crippen LogP) is 5.17. The molecular weight excluding hydrogens is 327 g/mol. The van der Waals surface area contributed by atoms with Gasteiger partial charge in [-0.25, -0.2) is 4.98 Å². The lowest BCUT2D eigenvalue weighted by molar-refractivity contribution is 0.755. The molecule has 0 saturated carbocycles. The van der Waals surface area contributed by atoms with Gasteiger partial charge in [0.2, 0.25) is 0 Å². The molecule has 3 aromatic rings. The van der Waals surface area contributed by atoms with E-state index < -0.39 is 0 Å². The van der Waals surface area contributed by atoms with Crippen molar-refractivity contribution < 1.29 is 0 Å². The molecule has 0 bridgehead atoms. The van der Waals surface area contributed by atoms with Crippen LogP contribution in [0, 0.1) is 0 Å². The van der Waals surface area contributed by atoms with Crippen LogP contribution in [-0.4, -0.2) is 15.4 Å². The van der Waals surface area contributed by atoms with Gasteiger partial charge in [0.05, 0.1) is 11.0 Å². The topological polar surface area (TPSA) is 17.8 Å². The van der Waals surface area contributed by atoms with Crippen LogP contribution < -0.4 is 0 Å². The fraction of sp³-hybridized carbons (Fsp3) is 0.188. The molecule has 3 rings (SSSR count). The summed E-state index contributed by atoms with van der Waals surface area (Å²) in [5.41, 5.74) is 3.07. The maximum absolute atomic E-state index is 6.12. The molecule has 1 heterocycles. The molecule has 5 heteroatoms. The van der Waals surface area contributed by atoms with E-state index in [4.69, 9.17) is 34.8 Å². The third-order valence-corrected chi connectivity index (χ3v) is 4.00. The number of hydrogen-bond donors (Lipinski definition) is 0. The van der Waals surface area contributed by atoms with Gasteiger partial charge in [-0.3, -0.25) is 0 Å². The van der Waals surface area contributed by atoms with Gasteiger partial charge in [0.25, 0.3) is 0 Å². The average Bonchev–Trinajstić information content (AvgIpc) is 2.77. The Morgan fingerprint density at radius 3 is 2.57 bits per heavy atom. The number of halogens is 3. The van der Waals surface area contributed by atoms with Gasteiger partial charge in [0, 0.05) is 28.9 Å². The van der Waals surface area contributed by atoms with E-state index in [0.717, 1.165) is 27.4 Å². The van der Waals surface area contributed by atoms with Crippen molar-refractivity contribution in [3.8, 4) is 0 Å². The van der Waals surface area contributed by atoms with Crippen molar-refractivity contribution in [2.45, 2.75) is 13.0 Å². The molecule has 0 spiro atoms. The van der Waals surface area contributed by atoms with E-state index in [-0.39, 0.29) is 0 Å². The Labute approximate surface area is 138 Å². The molecule has 1 aromatic heterocycles. The van der Waals surface area contributed by atoms with Crippen molar-refractivity contribution in [2.24, 2.45) is 0 Å². The molecule has 0 amide bonds. The molecule has 21 heavy (non-hydrogen) atoms. The highest BCUT2D eigenvalue weighted by molar-refractivity contribution is 6.31. The highest BCUT2D eigenvalue weighted by Gasteiger charge is 2.11. The van der Waals surface area contributed by atoms with E-state index in [1.165, 1.54) is 0 Å².